The van der Waals surface area contributed by atoms with Gasteiger partial charge in [-0.3, -0.25) is 10.6 Å². The van der Waals surface area contributed by atoms with Gasteiger partial charge in [0.15, 0.2) is 0 Å². The maximum absolute atomic E-state index is 13.2. The van der Waals surface area contributed by atoms with E-state index in [2.05, 4.69) is 16.0 Å². The van der Waals surface area contributed by atoms with Crippen molar-refractivity contribution in [2.45, 2.75) is 24.5 Å². The lowest BCUT2D eigenvalue weighted by Crippen LogP contribution is -2.50. The summed E-state index contributed by atoms with van der Waals surface area (Å²) in [6.45, 7) is 1.83. The van der Waals surface area contributed by atoms with Crippen LogP contribution in [0, 0.1) is 5.82 Å². The molecule has 3 unspecified atom stereocenters. The fourth-order valence-electron chi connectivity index (χ4n) is 2.76. The molecule has 1 aromatic carbocycles. The number of halogens is 1. The second kappa shape index (κ2) is 4.13. The molecule has 16 heavy (non-hydrogen) atoms. The van der Waals surface area contributed by atoms with Crippen molar-refractivity contribution in [1.29, 1.82) is 0 Å². The smallest absolute Gasteiger partial charge is 0.123 e. The summed E-state index contributed by atoms with van der Waals surface area (Å²) < 4.78 is 13.2. The molecule has 3 N–H and O–H groups in total. The van der Waals surface area contributed by atoms with Crippen LogP contribution < -0.4 is 16.0 Å². The number of nitrogens with one attached hydrogen (secondary N) is 3. The lowest BCUT2D eigenvalue weighted by molar-refractivity contribution is 0.308. The van der Waals surface area contributed by atoms with E-state index in [-0.39, 0.29) is 11.9 Å². The van der Waals surface area contributed by atoms with Crippen molar-refractivity contribution in [3.8, 4) is 0 Å². The highest BCUT2D eigenvalue weighted by Crippen LogP contribution is 2.26. The van der Waals surface area contributed by atoms with Crippen LogP contribution in [0.4, 0.5) is 4.39 Å². The highest BCUT2D eigenvalue weighted by molar-refractivity contribution is 5.24. The Morgan fingerprint density at radius 3 is 3.00 bits per heavy atom. The first-order chi connectivity index (χ1) is 7.84. The summed E-state index contributed by atoms with van der Waals surface area (Å²) >= 11 is 0. The van der Waals surface area contributed by atoms with Crippen molar-refractivity contribution in [2.24, 2.45) is 0 Å². The molecule has 0 aliphatic carbocycles. The van der Waals surface area contributed by atoms with Crippen LogP contribution in [-0.4, -0.2) is 25.3 Å². The normalized spacial score (nSPS) is 33.7. The quantitative estimate of drug-likeness (QED) is 0.655. The maximum Gasteiger partial charge on any atom is 0.123 e. The Kier molecular flexibility index (Phi) is 2.63. The zero-order valence-electron chi connectivity index (χ0n) is 9.04. The van der Waals surface area contributed by atoms with Gasteiger partial charge in [-0.05, 0) is 30.7 Å². The van der Waals surface area contributed by atoms with Crippen LogP contribution in [0.5, 0.6) is 0 Å². The summed E-state index contributed by atoms with van der Waals surface area (Å²) in [6, 6.07) is 7.97. The van der Waals surface area contributed by atoms with Crippen molar-refractivity contribution >= 4 is 0 Å². The highest BCUT2D eigenvalue weighted by Gasteiger charge is 2.36. The Bertz CT molecular complexity index is 382. The molecule has 4 heteroatoms. The van der Waals surface area contributed by atoms with Gasteiger partial charge in [-0.1, -0.05) is 12.1 Å². The summed E-state index contributed by atoms with van der Waals surface area (Å²) in [6.07, 6.45) is 1.13. The number of hydrogen-bond donors (Lipinski definition) is 3. The molecule has 2 saturated heterocycles. The monoisotopic (exact) mass is 221 g/mol. The zero-order chi connectivity index (χ0) is 11.0. The van der Waals surface area contributed by atoms with Gasteiger partial charge >= 0.3 is 0 Å². The predicted octanol–water partition coefficient (Wildman–Crippen LogP) is 0.748. The van der Waals surface area contributed by atoms with Crippen molar-refractivity contribution in [1.82, 2.24) is 16.0 Å². The molecule has 0 aromatic heterocycles. The second-order valence-electron chi connectivity index (χ2n) is 4.49. The van der Waals surface area contributed by atoms with Crippen molar-refractivity contribution in [3.63, 3.8) is 0 Å². The van der Waals surface area contributed by atoms with Gasteiger partial charge in [-0.15, -0.1) is 0 Å². The average Bonchev–Trinajstić information content (AvgIpc) is 2.76. The lowest BCUT2D eigenvalue weighted by atomic mass is 9.90. The van der Waals surface area contributed by atoms with Crippen LogP contribution in [-0.2, 0) is 0 Å². The average molecular weight is 221 g/mol. The third-order valence-corrected chi connectivity index (χ3v) is 3.52. The Labute approximate surface area is 94.4 Å². The molecule has 2 aliphatic heterocycles. The van der Waals surface area contributed by atoms with Crippen molar-refractivity contribution in [3.05, 3.63) is 35.6 Å². The molecular weight excluding hydrogens is 205 g/mol. The molecule has 3 atom stereocenters. The van der Waals surface area contributed by atoms with E-state index >= 15 is 0 Å². The van der Waals surface area contributed by atoms with E-state index in [0.717, 1.165) is 25.2 Å². The number of rotatable bonds is 1. The minimum Gasteiger partial charge on any atom is -0.309 e. The van der Waals surface area contributed by atoms with Crippen LogP contribution >= 0.6 is 0 Å². The third kappa shape index (κ3) is 1.73. The first-order valence-electron chi connectivity index (χ1n) is 5.80. The summed E-state index contributed by atoms with van der Waals surface area (Å²) in [4.78, 5) is 0. The summed E-state index contributed by atoms with van der Waals surface area (Å²) in [7, 11) is 0. The first kappa shape index (κ1) is 10.2. The van der Waals surface area contributed by atoms with Gasteiger partial charge in [0.2, 0.25) is 0 Å². The van der Waals surface area contributed by atoms with Gasteiger partial charge in [0.25, 0.3) is 0 Å². The summed E-state index contributed by atoms with van der Waals surface area (Å²) in [5, 5.41) is 10.3. The van der Waals surface area contributed by atoms with Gasteiger partial charge in [-0.25, -0.2) is 4.39 Å². The summed E-state index contributed by atoms with van der Waals surface area (Å²) in [5.41, 5.74) is 1.03. The molecule has 2 fully saturated rings. The van der Waals surface area contributed by atoms with Gasteiger partial charge in [-0.2, -0.15) is 0 Å². The number of fused-ring (bicyclic) bond motifs is 1. The molecular formula is C12H16FN3. The Hall–Kier alpha value is -0.970. The molecule has 0 saturated carbocycles. The van der Waals surface area contributed by atoms with Gasteiger partial charge < -0.3 is 5.32 Å². The Morgan fingerprint density at radius 1 is 1.19 bits per heavy atom. The fourth-order valence-corrected chi connectivity index (χ4v) is 2.76. The molecule has 2 aliphatic rings. The van der Waals surface area contributed by atoms with Gasteiger partial charge in [0, 0.05) is 24.8 Å². The molecule has 0 bridgehead atoms. The minimum absolute atomic E-state index is 0.160. The Morgan fingerprint density at radius 2 is 2.12 bits per heavy atom. The van der Waals surface area contributed by atoms with Crippen LogP contribution in [0.3, 0.4) is 0 Å². The number of piperidine rings is 1. The summed E-state index contributed by atoms with van der Waals surface area (Å²) in [5.74, 6) is -0.160. The molecule has 86 valence electrons. The van der Waals surface area contributed by atoms with Crippen LogP contribution in [0.2, 0.25) is 0 Å². The number of hydrogen-bond acceptors (Lipinski definition) is 3. The van der Waals surface area contributed by atoms with E-state index in [1.54, 1.807) is 12.1 Å². The molecule has 0 amide bonds. The SMILES string of the molecule is Fc1cccc(C2NCCC3NCNC32)c1. The van der Waals surface area contributed by atoms with Crippen molar-refractivity contribution < 1.29 is 4.39 Å². The molecule has 2 heterocycles. The zero-order valence-corrected chi connectivity index (χ0v) is 9.04. The van der Waals surface area contributed by atoms with Crippen molar-refractivity contribution in [2.75, 3.05) is 13.2 Å². The van der Waals surface area contributed by atoms with Crippen LogP contribution in [0.15, 0.2) is 24.3 Å². The number of benzene rings is 1. The third-order valence-electron chi connectivity index (χ3n) is 3.52. The van der Waals surface area contributed by atoms with E-state index in [9.17, 15) is 4.39 Å². The standard InChI is InChI=1S/C12H16FN3/c13-9-3-1-2-8(6-9)11-12-10(4-5-14-11)15-7-16-12/h1-3,6,10-12,14-16H,4-5,7H2. The molecule has 3 rings (SSSR count). The van der Waals surface area contributed by atoms with E-state index in [1.165, 1.54) is 6.07 Å². The topological polar surface area (TPSA) is 36.1 Å². The fraction of sp³-hybridized carbons (Fsp3) is 0.500. The lowest BCUT2D eigenvalue weighted by Gasteiger charge is -2.34. The highest BCUT2D eigenvalue weighted by atomic mass is 19.1. The molecule has 1 aromatic rings. The van der Waals surface area contributed by atoms with Gasteiger partial charge in [0.05, 0.1) is 0 Å². The Balaban J connectivity index is 1.88. The van der Waals surface area contributed by atoms with E-state index in [4.69, 9.17) is 0 Å². The van der Waals surface area contributed by atoms with Gasteiger partial charge in [0.1, 0.15) is 5.82 Å². The molecule has 0 radical (unpaired) electrons. The van der Waals surface area contributed by atoms with E-state index in [1.807, 2.05) is 6.07 Å². The first-order valence-corrected chi connectivity index (χ1v) is 5.80. The maximum atomic E-state index is 13.2. The van der Waals surface area contributed by atoms with Crippen LogP contribution in [0.1, 0.15) is 18.0 Å². The van der Waals surface area contributed by atoms with E-state index < -0.39 is 0 Å². The molecule has 0 spiro atoms. The largest absolute Gasteiger partial charge is 0.309 e. The molecule has 3 nitrogen and oxygen atoms in total. The second-order valence-corrected chi connectivity index (χ2v) is 4.49. The minimum atomic E-state index is -0.160. The van der Waals surface area contributed by atoms with Crippen LogP contribution in [0.25, 0.3) is 0 Å². The predicted molar refractivity (Wildman–Crippen MR) is 60.5 cm³/mol. The van der Waals surface area contributed by atoms with E-state index in [0.29, 0.717) is 12.1 Å².